The van der Waals surface area contributed by atoms with Crippen LogP contribution in [0.4, 0.5) is 15.9 Å². The van der Waals surface area contributed by atoms with E-state index in [0.717, 1.165) is 65.5 Å². The van der Waals surface area contributed by atoms with Crippen molar-refractivity contribution in [3.63, 3.8) is 0 Å². The monoisotopic (exact) mass is 453 g/mol. The van der Waals surface area contributed by atoms with Crippen molar-refractivity contribution in [1.29, 1.82) is 0 Å². The largest absolute Gasteiger partial charge is 0.366 e. The van der Waals surface area contributed by atoms with Crippen LogP contribution in [0.2, 0.25) is 0 Å². The number of carbonyl (C=O) groups is 1. The highest BCUT2D eigenvalue weighted by Gasteiger charge is 2.28. The number of para-hydroxylation sites is 1. The molecule has 0 radical (unpaired) electrons. The molecule has 2 saturated heterocycles. The molecule has 0 bridgehead atoms. The SMILES string of the molecule is Cc1c(C(=O)N2CCC(C)CC2)sc2ncnc(N3CCN(c4ccccc4F)CC3)c12. The number of piperidine rings is 1. The van der Waals surface area contributed by atoms with Crippen molar-refractivity contribution in [3.05, 3.63) is 46.9 Å². The van der Waals surface area contributed by atoms with Gasteiger partial charge in [0.1, 0.15) is 22.8 Å². The molecule has 3 aromatic rings. The second-order valence-corrected chi connectivity index (χ2v) is 9.83. The maximum Gasteiger partial charge on any atom is 0.264 e. The molecule has 6 nitrogen and oxygen atoms in total. The van der Waals surface area contributed by atoms with E-state index in [0.29, 0.717) is 24.7 Å². The maximum absolute atomic E-state index is 14.2. The zero-order valence-corrected chi connectivity index (χ0v) is 19.4. The molecule has 8 heteroatoms. The Bertz CT molecular complexity index is 1130. The van der Waals surface area contributed by atoms with Crippen LogP contribution in [0.25, 0.3) is 10.2 Å². The van der Waals surface area contributed by atoms with E-state index >= 15 is 0 Å². The van der Waals surface area contributed by atoms with Crippen LogP contribution in [-0.2, 0) is 0 Å². The molecule has 0 atom stereocenters. The van der Waals surface area contributed by atoms with Crippen LogP contribution in [0.3, 0.4) is 0 Å². The van der Waals surface area contributed by atoms with Crippen LogP contribution in [-0.4, -0.2) is 60.0 Å². The molecule has 2 fully saturated rings. The minimum Gasteiger partial charge on any atom is -0.366 e. The molecular weight excluding hydrogens is 425 g/mol. The summed E-state index contributed by atoms with van der Waals surface area (Å²) >= 11 is 1.47. The van der Waals surface area contributed by atoms with Crippen molar-refractivity contribution in [2.75, 3.05) is 49.1 Å². The minimum absolute atomic E-state index is 0.118. The zero-order valence-electron chi connectivity index (χ0n) is 18.6. The first-order chi connectivity index (χ1) is 15.5. The molecule has 1 amide bonds. The summed E-state index contributed by atoms with van der Waals surface area (Å²) in [7, 11) is 0. The number of hydrogen-bond donors (Lipinski definition) is 0. The predicted octanol–water partition coefficient (Wildman–Crippen LogP) is 4.34. The molecule has 0 saturated carbocycles. The second kappa shape index (κ2) is 8.65. The summed E-state index contributed by atoms with van der Waals surface area (Å²) in [6.07, 6.45) is 3.72. The number of likely N-dealkylation sites (tertiary alicyclic amines) is 1. The molecule has 2 aromatic heterocycles. The number of carbonyl (C=O) groups excluding carboxylic acids is 1. The topological polar surface area (TPSA) is 52.6 Å². The van der Waals surface area contributed by atoms with Gasteiger partial charge in [0.15, 0.2) is 0 Å². The first-order valence-electron chi connectivity index (χ1n) is 11.3. The van der Waals surface area contributed by atoms with Gasteiger partial charge in [-0.2, -0.15) is 0 Å². The van der Waals surface area contributed by atoms with Gasteiger partial charge in [0.05, 0.1) is 16.0 Å². The van der Waals surface area contributed by atoms with Gasteiger partial charge in [0.25, 0.3) is 5.91 Å². The number of aromatic nitrogens is 2. The summed E-state index contributed by atoms with van der Waals surface area (Å²) in [5, 5.41) is 0.977. The van der Waals surface area contributed by atoms with Crippen molar-refractivity contribution < 1.29 is 9.18 Å². The van der Waals surface area contributed by atoms with Crippen LogP contribution in [0, 0.1) is 18.7 Å². The summed E-state index contributed by atoms with van der Waals surface area (Å²) in [6, 6.07) is 6.92. The van der Waals surface area contributed by atoms with Crippen LogP contribution < -0.4 is 9.80 Å². The quantitative estimate of drug-likeness (QED) is 0.591. The molecule has 32 heavy (non-hydrogen) atoms. The molecule has 168 valence electrons. The van der Waals surface area contributed by atoms with E-state index in [-0.39, 0.29) is 11.7 Å². The molecule has 1 aromatic carbocycles. The fraction of sp³-hybridized carbons (Fsp3) is 0.458. The number of aryl methyl sites for hydroxylation is 1. The van der Waals surface area contributed by atoms with E-state index < -0.39 is 0 Å². The molecule has 0 unspecified atom stereocenters. The number of halogens is 1. The Labute approximate surface area is 191 Å². The van der Waals surface area contributed by atoms with E-state index in [2.05, 4.69) is 26.7 Å². The number of thiophene rings is 1. The lowest BCUT2D eigenvalue weighted by molar-refractivity contribution is 0.0701. The number of nitrogens with zero attached hydrogens (tertiary/aromatic N) is 5. The first kappa shape index (κ1) is 21.1. The molecule has 0 spiro atoms. The van der Waals surface area contributed by atoms with Crippen molar-refractivity contribution in [2.24, 2.45) is 5.92 Å². The van der Waals surface area contributed by atoms with E-state index in [1.807, 2.05) is 24.0 Å². The Morgan fingerprint density at radius 1 is 1.03 bits per heavy atom. The van der Waals surface area contributed by atoms with E-state index in [1.165, 1.54) is 17.4 Å². The van der Waals surface area contributed by atoms with E-state index in [9.17, 15) is 9.18 Å². The zero-order chi connectivity index (χ0) is 22.2. The molecule has 0 N–H and O–H groups in total. The molecule has 5 rings (SSSR count). The van der Waals surface area contributed by atoms with Gasteiger partial charge >= 0.3 is 0 Å². The lowest BCUT2D eigenvalue weighted by Crippen LogP contribution is -2.47. The smallest absolute Gasteiger partial charge is 0.264 e. The maximum atomic E-state index is 14.2. The summed E-state index contributed by atoms with van der Waals surface area (Å²) in [5.41, 5.74) is 1.62. The Kier molecular flexibility index (Phi) is 5.71. The summed E-state index contributed by atoms with van der Waals surface area (Å²) < 4.78 is 14.2. The Hall–Kier alpha value is -2.74. The third-order valence-corrected chi connectivity index (χ3v) is 7.93. The number of hydrogen-bond acceptors (Lipinski definition) is 6. The lowest BCUT2D eigenvalue weighted by atomic mass is 9.99. The van der Waals surface area contributed by atoms with Gasteiger partial charge < -0.3 is 14.7 Å². The van der Waals surface area contributed by atoms with E-state index in [1.54, 1.807) is 12.4 Å². The van der Waals surface area contributed by atoms with Gasteiger partial charge in [-0.05, 0) is 43.4 Å². The normalized spacial score (nSPS) is 17.9. The average Bonchev–Trinajstić information content (AvgIpc) is 3.16. The van der Waals surface area contributed by atoms with Crippen LogP contribution in [0.5, 0.6) is 0 Å². The van der Waals surface area contributed by atoms with Crippen LogP contribution >= 0.6 is 11.3 Å². The van der Waals surface area contributed by atoms with Crippen LogP contribution in [0.1, 0.15) is 35.0 Å². The predicted molar refractivity (Wildman–Crippen MR) is 127 cm³/mol. The van der Waals surface area contributed by atoms with Gasteiger partial charge in [-0.15, -0.1) is 11.3 Å². The van der Waals surface area contributed by atoms with E-state index in [4.69, 9.17) is 0 Å². The molecule has 2 aliphatic rings. The third kappa shape index (κ3) is 3.81. The summed E-state index contributed by atoms with van der Waals surface area (Å²) in [5.74, 6) is 1.49. The third-order valence-electron chi connectivity index (χ3n) is 6.74. The number of benzene rings is 1. The van der Waals surface area contributed by atoms with Gasteiger partial charge in [0, 0.05) is 39.3 Å². The number of amides is 1. The van der Waals surface area contributed by atoms with Gasteiger partial charge in [-0.25, -0.2) is 14.4 Å². The molecular formula is C24H28FN5OS. The fourth-order valence-electron chi connectivity index (χ4n) is 4.72. The fourth-order valence-corrected chi connectivity index (χ4v) is 5.83. The lowest BCUT2D eigenvalue weighted by Gasteiger charge is -2.37. The Morgan fingerprint density at radius 2 is 1.72 bits per heavy atom. The summed E-state index contributed by atoms with van der Waals surface area (Å²) in [4.78, 5) is 30.3. The number of rotatable bonds is 3. The standard InChI is InChI=1S/C24H28FN5OS/c1-16-7-9-30(10-8-16)24(31)21-17(2)20-22(26-15-27-23(20)32-21)29-13-11-28(12-14-29)19-6-4-3-5-18(19)25/h3-6,15-16H,7-14H2,1-2H3. The van der Waals surface area contributed by atoms with Crippen molar-refractivity contribution in [2.45, 2.75) is 26.7 Å². The Morgan fingerprint density at radius 3 is 2.44 bits per heavy atom. The molecule has 4 heterocycles. The van der Waals surface area contributed by atoms with Crippen molar-refractivity contribution in [3.8, 4) is 0 Å². The minimum atomic E-state index is -0.186. The van der Waals surface area contributed by atoms with Gasteiger partial charge in [0.2, 0.25) is 0 Å². The second-order valence-electron chi connectivity index (χ2n) is 8.83. The number of piperazine rings is 1. The number of fused-ring (bicyclic) bond motifs is 1. The highest BCUT2D eigenvalue weighted by molar-refractivity contribution is 7.20. The first-order valence-corrected chi connectivity index (χ1v) is 12.1. The van der Waals surface area contributed by atoms with Crippen molar-refractivity contribution in [1.82, 2.24) is 14.9 Å². The number of anilines is 2. The molecule has 2 aliphatic heterocycles. The van der Waals surface area contributed by atoms with Gasteiger partial charge in [-0.3, -0.25) is 4.79 Å². The highest BCUT2D eigenvalue weighted by Crippen LogP contribution is 2.36. The average molecular weight is 454 g/mol. The Balaban J connectivity index is 1.39. The van der Waals surface area contributed by atoms with Crippen molar-refractivity contribution >= 4 is 39.0 Å². The van der Waals surface area contributed by atoms with Gasteiger partial charge in [-0.1, -0.05) is 19.1 Å². The molecule has 0 aliphatic carbocycles. The summed E-state index contributed by atoms with van der Waals surface area (Å²) in [6.45, 7) is 8.82. The van der Waals surface area contributed by atoms with Crippen LogP contribution in [0.15, 0.2) is 30.6 Å². The highest BCUT2D eigenvalue weighted by atomic mass is 32.1.